The zero-order valence-electron chi connectivity index (χ0n) is 8.86. The summed E-state index contributed by atoms with van der Waals surface area (Å²) in [6, 6.07) is 0.642. The minimum atomic E-state index is -3.20. The SMILES string of the molecule is CC(=O)Nc1nc(OC(F)F)cc(OC(F)F)n1. The van der Waals surface area contributed by atoms with Gasteiger partial charge in [-0.25, -0.2) is 0 Å². The highest BCUT2D eigenvalue weighted by molar-refractivity contribution is 5.86. The van der Waals surface area contributed by atoms with E-state index < -0.39 is 36.8 Å². The summed E-state index contributed by atoms with van der Waals surface area (Å²) in [5.74, 6) is -2.53. The van der Waals surface area contributed by atoms with Crippen molar-refractivity contribution in [2.45, 2.75) is 20.1 Å². The topological polar surface area (TPSA) is 73.3 Å². The summed E-state index contributed by atoms with van der Waals surface area (Å²) in [4.78, 5) is 17.4. The Balaban J connectivity index is 2.99. The van der Waals surface area contributed by atoms with Crippen LogP contribution >= 0.6 is 0 Å². The van der Waals surface area contributed by atoms with E-state index in [2.05, 4.69) is 19.4 Å². The Hall–Kier alpha value is -2.13. The maximum atomic E-state index is 12.0. The van der Waals surface area contributed by atoms with Gasteiger partial charge in [-0.1, -0.05) is 0 Å². The molecule has 0 fully saturated rings. The van der Waals surface area contributed by atoms with Crippen LogP contribution in [0.15, 0.2) is 6.07 Å². The Bertz CT molecular complexity index is 402. The number of halogens is 4. The van der Waals surface area contributed by atoms with E-state index in [0.29, 0.717) is 6.07 Å². The molecule has 100 valence electrons. The molecular weight excluding hydrogens is 262 g/mol. The van der Waals surface area contributed by atoms with Crippen LogP contribution in [0.25, 0.3) is 0 Å². The second-order valence-electron chi connectivity index (χ2n) is 2.81. The highest BCUT2D eigenvalue weighted by Gasteiger charge is 2.14. The molecule has 0 bridgehead atoms. The quantitative estimate of drug-likeness (QED) is 0.822. The standard InChI is InChI=1S/C8H7F4N3O3/c1-3(16)13-8-14-4(17-6(9)10)2-5(15-8)18-7(11)12/h2,6-7H,1H3,(H,13,14,15,16). The third kappa shape index (κ3) is 4.80. The Morgan fingerprint density at radius 1 is 1.17 bits per heavy atom. The zero-order chi connectivity index (χ0) is 13.7. The molecule has 0 unspecified atom stereocenters. The Morgan fingerprint density at radius 3 is 1.94 bits per heavy atom. The molecule has 0 aliphatic rings. The predicted molar refractivity (Wildman–Crippen MR) is 49.6 cm³/mol. The average molecular weight is 269 g/mol. The number of hydrogen-bond acceptors (Lipinski definition) is 5. The number of nitrogens with zero attached hydrogens (tertiary/aromatic N) is 2. The number of carbonyl (C=O) groups is 1. The first-order valence-corrected chi connectivity index (χ1v) is 4.43. The molecule has 1 aromatic rings. The number of hydrogen-bond donors (Lipinski definition) is 1. The molecular formula is C8H7F4N3O3. The Labute approximate surface area is 97.9 Å². The van der Waals surface area contributed by atoms with Crippen LogP contribution in [0.4, 0.5) is 23.5 Å². The number of rotatable bonds is 5. The van der Waals surface area contributed by atoms with Gasteiger partial charge in [0.25, 0.3) is 0 Å². The van der Waals surface area contributed by atoms with Crippen molar-refractivity contribution in [3.63, 3.8) is 0 Å². The maximum absolute atomic E-state index is 12.0. The van der Waals surface area contributed by atoms with Gasteiger partial charge in [-0.2, -0.15) is 27.5 Å². The smallest absolute Gasteiger partial charge is 0.388 e. The van der Waals surface area contributed by atoms with Gasteiger partial charge in [-0.05, 0) is 0 Å². The fourth-order valence-corrected chi connectivity index (χ4v) is 0.921. The van der Waals surface area contributed by atoms with Crippen LogP contribution in [0.5, 0.6) is 11.8 Å². The molecule has 0 atom stereocenters. The fraction of sp³-hybridized carbons (Fsp3) is 0.375. The summed E-state index contributed by atoms with van der Waals surface area (Å²) in [5.41, 5.74) is 0. The predicted octanol–water partition coefficient (Wildman–Crippen LogP) is 1.64. The second kappa shape index (κ2) is 5.98. The van der Waals surface area contributed by atoms with Crippen molar-refractivity contribution in [3.05, 3.63) is 6.07 Å². The number of carbonyl (C=O) groups excluding carboxylic acids is 1. The lowest BCUT2D eigenvalue weighted by molar-refractivity contribution is -0.114. The molecule has 0 spiro atoms. The molecule has 0 saturated heterocycles. The lowest BCUT2D eigenvalue weighted by Gasteiger charge is -2.09. The molecule has 18 heavy (non-hydrogen) atoms. The summed E-state index contributed by atoms with van der Waals surface area (Å²) < 4.78 is 55.6. The van der Waals surface area contributed by atoms with Crippen molar-refractivity contribution >= 4 is 11.9 Å². The molecule has 1 heterocycles. The van der Waals surface area contributed by atoms with Crippen molar-refractivity contribution in [2.75, 3.05) is 5.32 Å². The number of aromatic nitrogens is 2. The highest BCUT2D eigenvalue weighted by Crippen LogP contribution is 2.21. The van der Waals surface area contributed by atoms with Gasteiger partial charge in [0.05, 0.1) is 6.07 Å². The van der Waals surface area contributed by atoms with Crippen LogP contribution in [-0.4, -0.2) is 29.1 Å². The van der Waals surface area contributed by atoms with Crippen LogP contribution in [0, 0.1) is 0 Å². The third-order valence-electron chi connectivity index (χ3n) is 1.39. The largest absolute Gasteiger partial charge is 0.417 e. The summed E-state index contributed by atoms with van der Waals surface area (Å²) in [6.07, 6.45) is 0. The number of anilines is 1. The summed E-state index contributed by atoms with van der Waals surface area (Å²) in [7, 11) is 0. The van der Waals surface area contributed by atoms with E-state index in [9.17, 15) is 22.4 Å². The second-order valence-corrected chi connectivity index (χ2v) is 2.81. The highest BCUT2D eigenvalue weighted by atomic mass is 19.3. The van der Waals surface area contributed by atoms with Gasteiger partial charge in [0.1, 0.15) is 0 Å². The van der Waals surface area contributed by atoms with E-state index >= 15 is 0 Å². The zero-order valence-corrected chi connectivity index (χ0v) is 8.86. The van der Waals surface area contributed by atoms with E-state index in [-0.39, 0.29) is 0 Å². The van der Waals surface area contributed by atoms with E-state index in [1.165, 1.54) is 0 Å². The average Bonchev–Trinajstić information content (AvgIpc) is 2.12. The Kier molecular flexibility index (Phi) is 4.63. The van der Waals surface area contributed by atoms with Gasteiger partial charge < -0.3 is 9.47 Å². The molecule has 0 aliphatic heterocycles. The van der Waals surface area contributed by atoms with Crippen molar-refractivity contribution in [1.29, 1.82) is 0 Å². The molecule has 1 N–H and O–H groups in total. The van der Waals surface area contributed by atoms with Crippen molar-refractivity contribution < 1.29 is 31.8 Å². The molecule has 0 radical (unpaired) electrons. The minimum absolute atomic E-state index is 0.490. The number of nitrogens with one attached hydrogen (secondary N) is 1. The normalized spacial score (nSPS) is 10.6. The molecule has 1 rings (SSSR count). The van der Waals surface area contributed by atoms with E-state index in [4.69, 9.17) is 0 Å². The molecule has 1 amide bonds. The maximum Gasteiger partial charge on any atom is 0.388 e. The first-order chi connectivity index (χ1) is 8.36. The molecule has 0 aliphatic carbocycles. The van der Waals surface area contributed by atoms with Gasteiger partial charge in [-0.3, -0.25) is 10.1 Å². The molecule has 1 aromatic heterocycles. The molecule has 0 saturated carbocycles. The number of ether oxygens (including phenoxy) is 2. The van der Waals surface area contributed by atoms with Crippen LogP contribution in [0.1, 0.15) is 6.92 Å². The number of amides is 1. The number of alkyl halides is 4. The lowest BCUT2D eigenvalue weighted by Crippen LogP contribution is -2.13. The van der Waals surface area contributed by atoms with E-state index in [1.54, 1.807) is 0 Å². The molecule has 6 nitrogen and oxygen atoms in total. The van der Waals surface area contributed by atoms with Crippen molar-refractivity contribution in [1.82, 2.24) is 9.97 Å². The monoisotopic (exact) mass is 269 g/mol. The van der Waals surface area contributed by atoms with Crippen molar-refractivity contribution in [2.24, 2.45) is 0 Å². The van der Waals surface area contributed by atoms with E-state index in [0.717, 1.165) is 6.92 Å². The van der Waals surface area contributed by atoms with Gasteiger partial charge in [-0.15, -0.1) is 0 Å². The van der Waals surface area contributed by atoms with Crippen molar-refractivity contribution in [3.8, 4) is 11.8 Å². The minimum Gasteiger partial charge on any atom is -0.417 e. The third-order valence-corrected chi connectivity index (χ3v) is 1.39. The molecule has 0 aromatic carbocycles. The van der Waals surface area contributed by atoms with E-state index in [1.807, 2.05) is 5.32 Å². The summed E-state index contributed by atoms with van der Waals surface area (Å²) in [6.45, 7) is -5.31. The van der Waals surface area contributed by atoms with Gasteiger partial charge in [0.2, 0.25) is 23.6 Å². The fourth-order valence-electron chi connectivity index (χ4n) is 0.921. The first-order valence-electron chi connectivity index (χ1n) is 4.43. The van der Waals surface area contributed by atoms with Crippen LogP contribution in [0.2, 0.25) is 0 Å². The van der Waals surface area contributed by atoms with Gasteiger partial charge in [0, 0.05) is 6.92 Å². The first kappa shape index (κ1) is 13.9. The van der Waals surface area contributed by atoms with Gasteiger partial charge >= 0.3 is 13.2 Å². The Morgan fingerprint density at radius 2 is 1.61 bits per heavy atom. The van der Waals surface area contributed by atoms with Crippen LogP contribution < -0.4 is 14.8 Å². The van der Waals surface area contributed by atoms with Gasteiger partial charge in [0.15, 0.2) is 0 Å². The summed E-state index contributed by atoms with van der Waals surface area (Å²) >= 11 is 0. The lowest BCUT2D eigenvalue weighted by atomic mass is 10.6. The molecule has 10 heteroatoms. The van der Waals surface area contributed by atoms with Crippen LogP contribution in [0.3, 0.4) is 0 Å². The van der Waals surface area contributed by atoms with Crippen LogP contribution in [-0.2, 0) is 4.79 Å². The summed E-state index contributed by atoms with van der Waals surface area (Å²) in [5, 5.41) is 2.02.